The Labute approximate surface area is 254 Å². The number of hydrogen-bond donors (Lipinski definition) is 3. The number of carbonyl (C=O) groups excluding carboxylic acids is 5. The second kappa shape index (κ2) is 12.5. The number of likely N-dealkylation sites (tertiary alicyclic amines) is 1. The average Bonchev–Trinajstić information content (AvgIpc) is 3.26. The largest absolute Gasteiger partial charge is 0.471 e. The second-order valence-corrected chi connectivity index (χ2v) is 13.7. The summed E-state index contributed by atoms with van der Waals surface area (Å²) in [6, 6.07) is 5.48. The highest BCUT2D eigenvalue weighted by atomic mass is 19.4. The Hall–Kier alpha value is -3.48. The minimum atomic E-state index is -5.20. The Balaban J connectivity index is 1.53. The summed E-state index contributed by atoms with van der Waals surface area (Å²) >= 11 is 0. The third kappa shape index (κ3) is 7.24. The van der Waals surface area contributed by atoms with Crippen molar-refractivity contribution in [1.29, 1.82) is 0 Å². The number of rotatable bonds is 11. The molecule has 3 aliphatic rings. The Bertz CT molecular complexity index is 1280. The SMILES string of the molecule is CC(C)(C)[C@H](NC(=O)C(F)(F)F)C(=O)N1C[C@H]2[C@@H]([C@H]1C(=O)N[C@@H](C[C@@H]1CCNC1=O)C(=O)COCc1ccccc1)C2(C)C. The highest BCUT2D eigenvalue weighted by molar-refractivity contribution is 5.97. The molecule has 3 fully saturated rings. The first kappa shape index (κ1) is 33.4. The van der Waals surface area contributed by atoms with Gasteiger partial charge in [0.25, 0.3) is 0 Å². The third-order valence-electron chi connectivity index (χ3n) is 9.15. The van der Waals surface area contributed by atoms with Gasteiger partial charge in [-0.25, -0.2) is 0 Å². The fraction of sp³-hybridized carbons (Fsp3) is 0.645. The van der Waals surface area contributed by atoms with Crippen molar-refractivity contribution in [3.05, 3.63) is 35.9 Å². The van der Waals surface area contributed by atoms with Crippen LogP contribution in [0.15, 0.2) is 30.3 Å². The maximum atomic E-state index is 13.9. The summed E-state index contributed by atoms with van der Waals surface area (Å²) in [6.07, 6.45) is -4.67. The molecule has 242 valence electrons. The smallest absolute Gasteiger partial charge is 0.369 e. The van der Waals surface area contributed by atoms with E-state index in [0.29, 0.717) is 13.0 Å². The van der Waals surface area contributed by atoms with Gasteiger partial charge in [0.15, 0.2) is 5.78 Å². The number of ether oxygens (including phenoxy) is 1. The van der Waals surface area contributed by atoms with E-state index in [2.05, 4.69) is 10.6 Å². The van der Waals surface area contributed by atoms with Crippen LogP contribution in [-0.2, 0) is 35.3 Å². The molecule has 0 spiro atoms. The van der Waals surface area contributed by atoms with Crippen LogP contribution in [0.5, 0.6) is 0 Å². The Kier molecular flexibility index (Phi) is 9.48. The second-order valence-electron chi connectivity index (χ2n) is 13.7. The Morgan fingerprint density at radius 2 is 1.75 bits per heavy atom. The number of piperidine rings is 1. The van der Waals surface area contributed by atoms with E-state index in [1.165, 1.54) is 25.7 Å². The standard InChI is InChI=1S/C31H41F3N4O6/c1-29(2,3)24(37-28(43)31(32,33)34)27(42)38-14-19-22(30(19,4)5)23(38)26(41)36-20(13-18-11-12-35-25(18)40)21(39)16-44-15-17-9-7-6-8-10-17/h6-10,18-20,22-24H,11-16H2,1-5H3,(H,35,40)(H,36,41)(H,37,43)/t18-,19-,20-,22-,23-,24+/m0/s1. The number of halogens is 3. The Morgan fingerprint density at radius 1 is 1.09 bits per heavy atom. The molecule has 1 aromatic carbocycles. The number of amides is 4. The van der Waals surface area contributed by atoms with Gasteiger partial charge in [0.1, 0.15) is 18.7 Å². The van der Waals surface area contributed by atoms with Crippen molar-refractivity contribution < 1.29 is 41.9 Å². The van der Waals surface area contributed by atoms with Crippen LogP contribution in [0.4, 0.5) is 13.2 Å². The number of Topliss-reactive ketones (excluding diaryl/α,β-unsaturated/α-hetero) is 1. The lowest BCUT2D eigenvalue weighted by Crippen LogP contribution is -2.61. The summed E-state index contributed by atoms with van der Waals surface area (Å²) in [7, 11) is 0. The van der Waals surface area contributed by atoms with Gasteiger partial charge in [-0.3, -0.25) is 24.0 Å². The molecule has 44 heavy (non-hydrogen) atoms. The molecule has 2 saturated heterocycles. The average molecular weight is 623 g/mol. The van der Waals surface area contributed by atoms with Crippen molar-refractivity contribution >= 4 is 29.4 Å². The summed E-state index contributed by atoms with van der Waals surface area (Å²) in [5, 5.41) is 7.32. The molecule has 0 aromatic heterocycles. The normalized spacial score (nSPS) is 25.5. The highest BCUT2D eigenvalue weighted by Crippen LogP contribution is 2.65. The number of hydrogen-bond acceptors (Lipinski definition) is 6. The van der Waals surface area contributed by atoms with Crippen molar-refractivity contribution in [2.24, 2.45) is 28.6 Å². The van der Waals surface area contributed by atoms with E-state index in [-0.39, 0.29) is 49.3 Å². The van der Waals surface area contributed by atoms with E-state index >= 15 is 0 Å². The van der Waals surface area contributed by atoms with Gasteiger partial charge in [0.05, 0.1) is 12.6 Å². The van der Waals surface area contributed by atoms with E-state index < -0.39 is 59.1 Å². The molecule has 0 bridgehead atoms. The predicted octanol–water partition coefficient (Wildman–Crippen LogP) is 2.36. The maximum Gasteiger partial charge on any atom is 0.471 e. The van der Waals surface area contributed by atoms with Crippen molar-refractivity contribution in [2.75, 3.05) is 19.7 Å². The number of benzene rings is 1. The number of alkyl halides is 3. The first-order valence-electron chi connectivity index (χ1n) is 14.8. The molecule has 0 radical (unpaired) electrons. The minimum Gasteiger partial charge on any atom is -0.369 e. The summed E-state index contributed by atoms with van der Waals surface area (Å²) in [6.45, 7) is 8.87. The van der Waals surface area contributed by atoms with Crippen LogP contribution in [0, 0.1) is 28.6 Å². The first-order chi connectivity index (χ1) is 20.4. The summed E-state index contributed by atoms with van der Waals surface area (Å²) in [4.78, 5) is 66.5. The predicted molar refractivity (Wildman–Crippen MR) is 152 cm³/mol. The van der Waals surface area contributed by atoms with Crippen molar-refractivity contribution in [1.82, 2.24) is 20.9 Å². The van der Waals surface area contributed by atoms with Gasteiger partial charge in [-0.2, -0.15) is 13.2 Å². The zero-order chi connectivity index (χ0) is 32.6. The van der Waals surface area contributed by atoms with E-state index in [1.54, 1.807) is 0 Å². The summed E-state index contributed by atoms with van der Waals surface area (Å²) < 4.78 is 45.0. The van der Waals surface area contributed by atoms with E-state index in [0.717, 1.165) is 5.56 Å². The van der Waals surface area contributed by atoms with Crippen molar-refractivity contribution in [3.8, 4) is 0 Å². The van der Waals surface area contributed by atoms with Crippen LogP contribution in [0.1, 0.15) is 53.0 Å². The van der Waals surface area contributed by atoms with Crippen LogP contribution in [0.2, 0.25) is 0 Å². The molecule has 10 nitrogen and oxygen atoms in total. The van der Waals surface area contributed by atoms with Gasteiger partial charge >= 0.3 is 12.1 Å². The molecule has 6 atom stereocenters. The first-order valence-corrected chi connectivity index (χ1v) is 14.8. The lowest BCUT2D eigenvalue weighted by molar-refractivity contribution is -0.176. The van der Waals surface area contributed by atoms with Gasteiger partial charge in [-0.05, 0) is 41.1 Å². The van der Waals surface area contributed by atoms with Crippen LogP contribution in [-0.4, -0.2) is 78.3 Å². The van der Waals surface area contributed by atoms with Crippen LogP contribution in [0.25, 0.3) is 0 Å². The lowest BCUT2D eigenvalue weighted by Gasteiger charge is -2.38. The van der Waals surface area contributed by atoms with Gasteiger partial charge in [0, 0.05) is 19.0 Å². The van der Waals surface area contributed by atoms with E-state index in [1.807, 2.05) is 49.5 Å². The molecular weight excluding hydrogens is 581 g/mol. The fourth-order valence-electron chi connectivity index (χ4n) is 6.47. The zero-order valence-corrected chi connectivity index (χ0v) is 25.6. The molecule has 0 unspecified atom stereocenters. The topological polar surface area (TPSA) is 134 Å². The molecule has 13 heteroatoms. The quantitative estimate of drug-likeness (QED) is 0.347. The lowest BCUT2D eigenvalue weighted by atomic mass is 9.85. The molecular formula is C31H41F3N4O6. The number of nitrogens with zero attached hydrogens (tertiary/aromatic N) is 1. The van der Waals surface area contributed by atoms with E-state index in [9.17, 15) is 37.1 Å². The summed E-state index contributed by atoms with van der Waals surface area (Å²) in [5.41, 5.74) is -0.579. The van der Waals surface area contributed by atoms with Gasteiger partial charge in [-0.15, -0.1) is 0 Å². The van der Waals surface area contributed by atoms with Crippen LogP contribution < -0.4 is 16.0 Å². The molecule has 1 saturated carbocycles. The van der Waals surface area contributed by atoms with Crippen molar-refractivity contribution in [2.45, 2.75) is 78.4 Å². The minimum absolute atomic E-state index is 0.0372. The van der Waals surface area contributed by atoms with Gasteiger partial charge in [0.2, 0.25) is 17.7 Å². The molecule has 4 rings (SSSR count). The molecule has 4 amide bonds. The molecule has 1 aromatic rings. The van der Waals surface area contributed by atoms with E-state index in [4.69, 9.17) is 4.74 Å². The van der Waals surface area contributed by atoms with Crippen LogP contribution >= 0.6 is 0 Å². The maximum absolute atomic E-state index is 13.9. The number of nitrogens with one attached hydrogen (secondary N) is 3. The summed E-state index contributed by atoms with van der Waals surface area (Å²) in [5.74, 6) is -5.25. The molecule has 1 aliphatic carbocycles. The molecule has 2 aliphatic heterocycles. The number of ketones is 1. The van der Waals surface area contributed by atoms with Crippen LogP contribution in [0.3, 0.4) is 0 Å². The van der Waals surface area contributed by atoms with Crippen molar-refractivity contribution in [3.63, 3.8) is 0 Å². The number of fused-ring (bicyclic) bond motifs is 1. The molecule has 3 N–H and O–H groups in total. The molecule has 2 heterocycles. The monoisotopic (exact) mass is 622 g/mol. The fourth-order valence-corrected chi connectivity index (χ4v) is 6.47. The van der Waals surface area contributed by atoms with Gasteiger partial charge in [-0.1, -0.05) is 65.0 Å². The Morgan fingerprint density at radius 3 is 2.32 bits per heavy atom. The third-order valence-corrected chi connectivity index (χ3v) is 9.15. The number of carbonyl (C=O) groups is 5. The highest BCUT2D eigenvalue weighted by Gasteiger charge is 2.70. The zero-order valence-electron chi connectivity index (χ0n) is 25.6. The van der Waals surface area contributed by atoms with Gasteiger partial charge < -0.3 is 25.6 Å².